The molecule has 0 aromatic rings. The van der Waals surface area contributed by atoms with Crippen molar-refractivity contribution in [3.63, 3.8) is 0 Å². The molecule has 0 fully saturated rings. The average molecular weight is 447 g/mol. The van der Waals surface area contributed by atoms with Gasteiger partial charge in [-0.05, 0) is 58.8 Å². The van der Waals surface area contributed by atoms with E-state index in [-0.39, 0.29) is 31.9 Å². The Morgan fingerprint density at radius 3 is 2.00 bits per heavy atom. The molecule has 0 aromatic heterocycles. The van der Waals surface area contributed by atoms with Crippen molar-refractivity contribution in [3.05, 3.63) is 24.3 Å². The average Bonchev–Trinajstić information content (AvgIpc) is 2.71. The molecule has 0 rings (SSSR count). The van der Waals surface area contributed by atoms with Gasteiger partial charge in [0.2, 0.25) is 0 Å². The summed E-state index contributed by atoms with van der Waals surface area (Å²) in [5, 5.41) is 35.8. The highest BCUT2D eigenvalue weighted by Gasteiger charge is 2.05. The van der Waals surface area contributed by atoms with Gasteiger partial charge in [0.15, 0.2) is 0 Å². The first-order chi connectivity index (χ1) is 14.8. The summed E-state index contributed by atoms with van der Waals surface area (Å²) in [5.74, 6) is -0.738. The van der Waals surface area contributed by atoms with Crippen molar-refractivity contribution in [2.24, 2.45) is 0 Å². The first-order valence-corrected chi connectivity index (χ1v) is 11.0. The predicted octanol–water partition coefficient (Wildman–Crippen LogP) is 2.43. The molecule has 0 aliphatic heterocycles. The number of rotatable bonds is 17. The molecule has 0 aliphatic rings. The van der Waals surface area contributed by atoms with Crippen LogP contribution in [0.25, 0.3) is 0 Å². The summed E-state index contributed by atoms with van der Waals surface area (Å²) in [6, 6.07) is 0. The maximum atomic E-state index is 11.0. The minimum absolute atomic E-state index is 0.0516. The fourth-order valence-electron chi connectivity index (χ4n) is 2.36. The van der Waals surface area contributed by atoms with Crippen LogP contribution in [-0.2, 0) is 19.1 Å². The molecule has 31 heavy (non-hydrogen) atoms. The van der Waals surface area contributed by atoms with Crippen LogP contribution in [0.3, 0.4) is 0 Å². The molecule has 8 heteroatoms. The summed E-state index contributed by atoms with van der Waals surface area (Å²) >= 11 is 0. The minimum atomic E-state index is -0.594. The largest absolute Gasteiger partial charge is 0.462 e. The van der Waals surface area contributed by atoms with E-state index >= 15 is 0 Å². The molecular formula is C23H42O8. The molecule has 4 N–H and O–H groups in total. The fraction of sp³-hybridized carbons (Fsp3) is 0.739. The number of esters is 2. The summed E-state index contributed by atoms with van der Waals surface area (Å²) < 4.78 is 9.69. The smallest absolute Gasteiger partial charge is 0.333 e. The first-order valence-electron chi connectivity index (χ1n) is 11.0. The lowest BCUT2D eigenvalue weighted by molar-refractivity contribution is -0.139. The number of unbranched alkanes of at least 4 members (excludes halogenated alkanes) is 3. The van der Waals surface area contributed by atoms with Crippen LogP contribution >= 0.6 is 0 Å². The van der Waals surface area contributed by atoms with E-state index < -0.39 is 12.1 Å². The molecule has 0 bridgehead atoms. The molecule has 0 spiro atoms. The Hall–Kier alpha value is -1.74. The van der Waals surface area contributed by atoms with E-state index in [0.29, 0.717) is 25.0 Å². The van der Waals surface area contributed by atoms with Crippen LogP contribution in [0.5, 0.6) is 0 Å². The summed E-state index contributed by atoms with van der Waals surface area (Å²) in [5.41, 5.74) is 0.425. The normalized spacial score (nSPS) is 12.6. The van der Waals surface area contributed by atoms with Gasteiger partial charge in [0.1, 0.15) is 0 Å². The van der Waals surface area contributed by atoms with Crippen LogP contribution in [-0.4, -0.2) is 71.0 Å². The lowest BCUT2D eigenvalue weighted by atomic mass is 10.1. The molecule has 0 heterocycles. The van der Waals surface area contributed by atoms with Gasteiger partial charge in [0.25, 0.3) is 0 Å². The Kier molecular flexibility index (Phi) is 23.3. The second-order valence-electron chi connectivity index (χ2n) is 7.26. The highest BCUT2D eigenvalue weighted by Crippen LogP contribution is 2.10. The van der Waals surface area contributed by atoms with Crippen LogP contribution in [0.15, 0.2) is 24.3 Å². The number of allylic oxidation sites excluding steroid dienone is 1. The van der Waals surface area contributed by atoms with Crippen LogP contribution < -0.4 is 0 Å². The van der Waals surface area contributed by atoms with Crippen molar-refractivity contribution in [2.75, 3.05) is 26.4 Å². The van der Waals surface area contributed by atoms with Gasteiger partial charge in [-0.25, -0.2) is 9.59 Å². The molecule has 0 amide bonds. The molecule has 2 atom stereocenters. The lowest BCUT2D eigenvalue weighted by Gasteiger charge is -2.09. The van der Waals surface area contributed by atoms with Crippen LogP contribution in [0.2, 0.25) is 0 Å². The molecule has 0 saturated carbocycles. The Labute approximate surface area is 186 Å². The molecule has 0 aliphatic carbocycles. The van der Waals surface area contributed by atoms with Gasteiger partial charge < -0.3 is 29.9 Å². The lowest BCUT2D eigenvalue weighted by Crippen LogP contribution is -2.13. The zero-order chi connectivity index (χ0) is 23.9. The van der Waals surface area contributed by atoms with Crippen LogP contribution in [0, 0.1) is 0 Å². The fourth-order valence-corrected chi connectivity index (χ4v) is 2.36. The minimum Gasteiger partial charge on any atom is -0.462 e. The summed E-state index contributed by atoms with van der Waals surface area (Å²) in [4.78, 5) is 21.8. The highest BCUT2D eigenvalue weighted by atomic mass is 16.5. The molecule has 0 saturated heterocycles. The summed E-state index contributed by atoms with van der Waals surface area (Å²) in [7, 11) is 0. The quantitative estimate of drug-likeness (QED) is 0.152. The van der Waals surface area contributed by atoms with Crippen molar-refractivity contribution < 1.29 is 39.5 Å². The van der Waals surface area contributed by atoms with Gasteiger partial charge in [0.05, 0.1) is 25.4 Å². The monoisotopic (exact) mass is 446 g/mol. The summed E-state index contributed by atoms with van der Waals surface area (Å²) in [6.45, 7) is 7.61. The Bertz CT molecular complexity index is 490. The van der Waals surface area contributed by atoms with Crippen molar-refractivity contribution in [1.29, 1.82) is 0 Å². The topological polar surface area (TPSA) is 134 Å². The number of hydrogen-bond donors (Lipinski definition) is 4. The Morgan fingerprint density at radius 2 is 1.45 bits per heavy atom. The first kappa shape index (κ1) is 31.4. The SMILES string of the molecule is C/C=C/C(=O)OCCC(O)CCO.C=C(C)C(=O)OCCCCCC(O)CCCCO. The highest BCUT2D eigenvalue weighted by molar-refractivity contribution is 5.86. The number of aliphatic hydroxyl groups excluding tert-OH is 4. The molecule has 182 valence electrons. The number of carbonyl (C=O) groups is 2. The number of carbonyl (C=O) groups excluding carboxylic acids is 2. The third-order valence-corrected chi connectivity index (χ3v) is 4.17. The Balaban J connectivity index is 0. The number of aliphatic hydroxyl groups is 4. The van der Waals surface area contributed by atoms with E-state index in [1.165, 1.54) is 6.08 Å². The molecule has 0 aromatic carbocycles. The molecule has 8 nitrogen and oxygen atoms in total. The molecule has 2 unspecified atom stereocenters. The van der Waals surface area contributed by atoms with Crippen molar-refractivity contribution in [3.8, 4) is 0 Å². The predicted molar refractivity (Wildman–Crippen MR) is 119 cm³/mol. The van der Waals surface area contributed by atoms with Crippen molar-refractivity contribution in [2.45, 2.75) is 83.8 Å². The molecular weight excluding hydrogens is 404 g/mol. The molecule has 0 radical (unpaired) electrons. The van der Waals surface area contributed by atoms with Gasteiger partial charge >= 0.3 is 11.9 Å². The maximum absolute atomic E-state index is 11.0. The standard InChI is InChI=1S/C14H26O4.C9H16O4/c1-12(2)14(17)18-11-7-3-4-8-13(16)9-5-6-10-15;1-2-3-9(12)13-7-5-8(11)4-6-10/h13,15-16H,1,3-11H2,2H3;2-3,8,10-11H,4-7H2,1H3/b;3-2+. The van der Waals surface area contributed by atoms with Gasteiger partial charge in [-0.2, -0.15) is 0 Å². The Morgan fingerprint density at radius 1 is 0.839 bits per heavy atom. The number of hydrogen-bond acceptors (Lipinski definition) is 8. The van der Waals surface area contributed by atoms with Crippen LogP contribution in [0.1, 0.15) is 71.6 Å². The van der Waals surface area contributed by atoms with E-state index in [4.69, 9.17) is 24.8 Å². The van der Waals surface area contributed by atoms with E-state index in [9.17, 15) is 14.7 Å². The third kappa shape index (κ3) is 24.4. The zero-order valence-corrected chi connectivity index (χ0v) is 19.1. The van der Waals surface area contributed by atoms with Gasteiger partial charge in [-0.15, -0.1) is 0 Å². The second-order valence-corrected chi connectivity index (χ2v) is 7.26. The van der Waals surface area contributed by atoms with Crippen LogP contribution in [0.4, 0.5) is 0 Å². The van der Waals surface area contributed by atoms with E-state index in [2.05, 4.69) is 6.58 Å². The van der Waals surface area contributed by atoms with Gasteiger partial charge in [0, 0.05) is 31.3 Å². The maximum Gasteiger partial charge on any atom is 0.333 e. The summed E-state index contributed by atoms with van der Waals surface area (Å²) in [6.07, 6.45) is 8.59. The van der Waals surface area contributed by atoms with Gasteiger partial charge in [-0.3, -0.25) is 0 Å². The zero-order valence-electron chi connectivity index (χ0n) is 19.1. The van der Waals surface area contributed by atoms with E-state index in [0.717, 1.165) is 44.9 Å². The third-order valence-electron chi connectivity index (χ3n) is 4.17. The van der Waals surface area contributed by atoms with Crippen molar-refractivity contribution >= 4 is 11.9 Å². The van der Waals surface area contributed by atoms with E-state index in [1.807, 2.05) is 0 Å². The second kappa shape index (κ2) is 22.9. The van der Waals surface area contributed by atoms with E-state index in [1.54, 1.807) is 19.9 Å². The van der Waals surface area contributed by atoms with Crippen molar-refractivity contribution in [1.82, 2.24) is 0 Å². The van der Waals surface area contributed by atoms with Gasteiger partial charge in [-0.1, -0.05) is 19.1 Å². The number of ether oxygens (including phenoxy) is 2.